The first-order chi connectivity index (χ1) is 37.9. The van der Waals surface area contributed by atoms with E-state index in [1.165, 1.54) is 14.2 Å². The Labute approximate surface area is 485 Å². The molecule has 19 nitrogen and oxygen atoms in total. The fraction of sp³-hybridized carbons (Fsp3) is 0.508. The Balaban J connectivity index is 0.000000297. The SMILES string of the molecule is COC(=O)C(C)(C)COc1cc(C)c(-c2ccc(-c3nc(OC(C)C)n(COCC[Si](C)(C)C)n3)c(C#N)c2)cn1.COC(=O)C(C)(C)COc1cc(C)c(-c2ccc(-c3nc(OC(C)C)n(COCC[Si](C)(C)C)n3)c(Cl)c2)cn1. The number of pyridine rings is 2. The van der Waals surface area contributed by atoms with E-state index < -0.39 is 27.0 Å². The van der Waals surface area contributed by atoms with Crippen LogP contribution in [-0.4, -0.2) is 120 Å². The molecule has 438 valence electrons. The molecular weight excluding hydrogens is 1090 g/mol. The fourth-order valence-corrected chi connectivity index (χ4v) is 9.35. The first-order valence-corrected chi connectivity index (χ1v) is 34.8. The van der Waals surface area contributed by atoms with Crippen molar-refractivity contribution in [1.29, 1.82) is 5.26 Å². The summed E-state index contributed by atoms with van der Waals surface area (Å²) < 4.78 is 48.0. The Kier molecular flexibility index (Phi) is 22.8. The van der Waals surface area contributed by atoms with E-state index >= 15 is 0 Å². The van der Waals surface area contributed by atoms with Crippen LogP contribution in [0.2, 0.25) is 56.4 Å². The molecule has 4 heterocycles. The van der Waals surface area contributed by atoms with Gasteiger partial charge in [0.25, 0.3) is 0 Å². The fourth-order valence-electron chi connectivity index (χ4n) is 7.57. The van der Waals surface area contributed by atoms with Crippen LogP contribution in [0.25, 0.3) is 45.0 Å². The average Bonchev–Trinajstić information content (AvgIpc) is 4.00. The predicted molar refractivity (Wildman–Crippen MR) is 319 cm³/mol. The van der Waals surface area contributed by atoms with Crippen molar-refractivity contribution in [3.63, 3.8) is 0 Å². The summed E-state index contributed by atoms with van der Waals surface area (Å²) in [6.45, 7) is 34.6. The molecule has 0 fully saturated rings. The van der Waals surface area contributed by atoms with Gasteiger partial charge in [0.05, 0.1) is 53.9 Å². The Morgan fingerprint density at radius 2 is 1.04 bits per heavy atom. The van der Waals surface area contributed by atoms with Gasteiger partial charge in [-0.05, 0) is 128 Å². The van der Waals surface area contributed by atoms with Gasteiger partial charge in [0, 0.05) is 76.1 Å². The van der Waals surface area contributed by atoms with Crippen LogP contribution in [0, 0.1) is 36.0 Å². The third-order valence-electron chi connectivity index (χ3n) is 12.4. The van der Waals surface area contributed by atoms with Crippen LogP contribution >= 0.6 is 11.6 Å². The minimum atomic E-state index is -1.22. The number of hydrogen-bond acceptors (Lipinski definition) is 17. The highest BCUT2D eigenvalue weighted by Crippen LogP contribution is 2.35. The van der Waals surface area contributed by atoms with E-state index in [4.69, 9.17) is 49.5 Å². The molecule has 6 aromatic rings. The maximum absolute atomic E-state index is 11.9. The van der Waals surface area contributed by atoms with Crippen molar-refractivity contribution in [2.75, 3.05) is 40.6 Å². The lowest BCUT2D eigenvalue weighted by Gasteiger charge is -2.21. The highest BCUT2D eigenvalue weighted by Gasteiger charge is 2.31. The minimum Gasteiger partial charge on any atom is -0.476 e. The van der Waals surface area contributed by atoms with Crippen molar-refractivity contribution in [1.82, 2.24) is 39.5 Å². The number of benzene rings is 2. The van der Waals surface area contributed by atoms with Crippen LogP contribution in [0.5, 0.6) is 23.8 Å². The highest BCUT2D eigenvalue weighted by molar-refractivity contribution is 6.76. The average molecular weight is 1170 g/mol. The highest BCUT2D eigenvalue weighted by atomic mass is 35.5. The van der Waals surface area contributed by atoms with Gasteiger partial charge in [-0.1, -0.05) is 63.0 Å². The number of methoxy groups -OCH3 is 2. The largest absolute Gasteiger partial charge is 0.476 e. The maximum atomic E-state index is 11.9. The van der Waals surface area contributed by atoms with Crippen molar-refractivity contribution >= 4 is 39.7 Å². The predicted octanol–water partition coefficient (Wildman–Crippen LogP) is 12.5. The molecule has 6 rings (SSSR count). The Morgan fingerprint density at radius 3 is 1.41 bits per heavy atom. The number of carbonyl (C=O) groups is 2. The molecule has 4 aromatic heterocycles. The van der Waals surface area contributed by atoms with Gasteiger partial charge in [0.15, 0.2) is 11.6 Å². The second-order valence-corrected chi connectivity index (χ2v) is 35.7. The molecule has 22 heteroatoms. The second-order valence-electron chi connectivity index (χ2n) is 24.0. The van der Waals surface area contributed by atoms with E-state index in [1.807, 2.05) is 84.0 Å². The molecule has 0 unspecified atom stereocenters. The summed E-state index contributed by atoms with van der Waals surface area (Å²) in [4.78, 5) is 41.9. The number of hydrogen-bond donors (Lipinski definition) is 0. The summed E-state index contributed by atoms with van der Waals surface area (Å²) >= 11 is 6.74. The molecule has 0 atom stereocenters. The van der Waals surface area contributed by atoms with Gasteiger partial charge in [0.1, 0.15) is 26.7 Å². The zero-order valence-corrected chi connectivity index (χ0v) is 53.3. The van der Waals surface area contributed by atoms with Gasteiger partial charge in [-0.2, -0.15) is 24.6 Å². The van der Waals surface area contributed by atoms with Crippen molar-refractivity contribution in [2.45, 2.75) is 146 Å². The Morgan fingerprint density at radius 1 is 0.630 bits per heavy atom. The second kappa shape index (κ2) is 28.3. The third kappa shape index (κ3) is 19.2. The molecule has 0 aliphatic heterocycles. The van der Waals surface area contributed by atoms with Gasteiger partial charge >= 0.3 is 24.0 Å². The van der Waals surface area contributed by atoms with Crippen LogP contribution in [-0.2, 0) is 42.0 Å². The number of rotatable bonds is 26. The summed E-state index contributed by atoms with van der Waals surface area (Å²) in [6.07, 6.45) is 3.27. The van der Waals surface area contributed by atoms with Gasteiger partial charge in [-0.25, -0.2) is 9.97 Å². The molecule has 0 spiro atoms. The minimum absolute atomic E-state index is 0.0652. The zero-order valence-electron chi connectivity index (χ0n) is 50.6. The van der Waals surface area contributed by atoms with E-state index in [9.17, 15) is 14.9 Å². The molecule has 0 saturated heterocycles. The normalized spacial score (nSPS) is 12.0. The standard InChI is InChI=1S/C30H41N5O5Si.C29H41ClN4O5Si/c1-20(2)40-29-33-27(34-35(29)19-38-12-13-41(7,8)9)24-11-10-22(15-23(24)16-31)25-17-32-26(14-21(25)3)39-18-30(4,5)28(36)37-6;1-19(2)39-28-32-26(33-34(28)18-37-12-13-40(7,8)9)22-11-10-21(15-24(22)30)23-16-31-25(14-20(23)3)38-17-29(4,5)27(35)36-6/h10-11,14-15,17,20H,12-13,18-19H2,1-9H3;10-11,14-16,19H,12-13,17-18H2,1-9H3. The van der Waals surface area contributed by atoms with Crippen LogP contribution in [0.4, 0.5) is 0 Å². The van der Waals surface area contributed by atoms with Crippen molar-refractivity contribution in [3.05, 3.63) is 82.6 Å². The molecule has 0 N–H and O–H groups in total. The molecule has 0 amide bonds. The number of carbonyl (C=O) groups excluding carboxylic acids is 2. The quantitative estimate of drug-likeness (QED) is 0.0280. The van der Waals surface area contributed by atoms with E-state index in [0.717, 1.165) is 45.5 Å². The van der Waals surface area contributed by atoms with Crippen LogP contribution < -0.4 is 18.9 Å². The summed E-state index contributed by atoms with van der Waals surface area (Å²) in [5.74, 6) is 0.997. The molecule has 81 heavy (non-hydrogen) atoms. The van der Waals surface area contributed by atoms with Gasteiger partial charge in [0.2, 0.25) is 11.8 Å². The maximum Gasteiger partial charge on any atom is 0.317 e. The molecule has 0 aliphatic carbocycles. The molecule has 0 saturated carbocycles. The number of esters is 2. The van der Waals surface area contributed by atoms with E-state index in [-0.39, 0.29) is 50.8 Å². The molecule has 2 aromatic carbocycles. The van der Waals surface area contributed by atoms with Crippen molar-refractivity contribution in [2.24, 2.45) is 10.8 Å². The van der Waals surface area contributed by atoms with E-state index in [0.29, 0.717) is 70.4 Å². The lowest BCUT2D eigenvalue weighted by molar-refractivity contribution is -0.153. The van der Waals surface area contributed by atoms with Crippen LogP contribution in [0.3, 0.4) is 0 Å². The number of nitriles is 1. The van der Waals surface area contributed by atoms with Gasteiger partial charge < -0.3 is 37.9 Å². The van der Waals surface area contributed by atoms with E-state index in [1.54, 1.807) is 55.5 Å². The Bertz CT molecular complexity index is 3140. The number of aryl methyl sites for hydroxylation is 2. The topological polar surface area (TPSA) is 219 Å². The lowest BCUT2D eigenvalue weighted by Crippen LogP contribution is -2.32. The lowest BCUT2D eigenvalue weighted by atomic mass is 9.95. The molecular formula is C59H82ClN9O10Si2. The first kappa shape index (κ1) is 65.1. The Hall–Kier alpha value is -6.71. The van der Waals surface area contributed by atoms with Crippen molar-refractivity contribution in [3.8, 4) is 74.9 Å². The number of halogens is 1. The van der Waals surface area contributed by atoms with E-state index in [2.05, 4.69) is 75.5 Å². The molecule has 0 aliphatic rings. The summed E-state index contributed by atoms with van der Waals surface area (Å²) in [5.41, 5.74) is 5.47. The number of aromatic nitrogens is 8. The van der Waals surface area contributed by atoms with Crippen molar-refractivity contribution < 1.29 is 47.5 Å². The summed E-state index contributed by atoms with van der Waals surface area (Å²) in [5, 5.41) is 19.8. The summed E-state index contributed by atoms with van der Waals surface area (Å²) in [7, 11) is 0.302. The first-order valence-electron chi connectivity index (χ1n) is 27.0. The third-order valence-corrected chi connectivity index (χ3v) is 16.1. The molecule has 0 radical (unpaired) electrons. The monoisotopic (exact) mass is 1170 g/mol. The summed E-state index contributed by atoms with van der Waals surface area (Å²) in [6, 6.07) is 20.0. The number of ether oxygens (including phenoxy) is 8. The van der Waals surface area contributed by atoms with Gasteiger partial charge in [-0.15, -0.1) is 10.2 Å². The van der Waals surface area contributed by atoms with Gasteiger partial charge in [-0.3, -0.25) is 9.59 Å². The number of nitrogens with zero attached hydrogens (tertiary/aromatic N) is 9. The smallest absolute Gasteiger partial charge is 0.317 e. The molecule has 0 bridgehead atoms. The van der Waals surface area contributed by atoms with Crippen LogP contribution in [0.1, 0.15) is 72.1 Å². The zero-order chi connectivity index (χ0) is 60.0. The van der Waals surface area contributed by atoms with Crippen LogP contribution in [0.15, 0.2) is 60.9 Å².